The van der Waals surface area contributed by atoms with Gasteiger partial charge in [-0.3, -0.25) is 9.78 Å². The van der Waals surface area contributed by atoms with Gasteiger partial charge in [0.25, 0.3) is 0 Å². The highest BCUT2D eigenvalue weighted by atomic mass is 35.5. The van der Waals surface area contributed by atoms with Crippen molar-refractivity contribution < 1.29 is 19.0 Å². The Morgan fingerprint density at radius 3 is 2.83 bits per heavy atom. The molecule has 1 aliphatic rings. The van der Waals surface area contributed by atoms with Crippen LogP contribution in [-0.4, -0.2) is 24.7 Å². The van der Waals surface area contributed by atoms with E-state index in [1.165, 1.54) is 6.92 Å². The fourth-order valence-electron chi connectivity index (χ4n) is 2.61. The van der Waals surface area contributed by atoms with E-state index in [0.29, 0.717) is 40.9 Å². The molecule has 0 N–H and O–H groups in total. The molecule has 1 aliphatic heterocycles. The molecule has 0 fully saturated rings. The zero-order valence-corrected chi connectivity index (χ0v) is 14.1. The van der Waals surface area contributed by atoms with Gasteiger partial charge in [0.2, 0.25) is 0 Å². The summed E-state index contributed by atoms with van der Waals surface area (Å²) in [7, 11) is 1.59. The number of fused-ring (bicyclic) bond motifs is 1. The third-order valence-corrected chi connectivity index (χ3v) is 3.96. The number of pyridine rings is 1. The molecule has 0 saturated heterocycles. The van der Waals surface area contributed by atoms with E-state index in [1.54, 1.807) is 37.7 Å². The average molecular weight is 346 g/mol. The van der Waals surface area contributed by atoms with Gasteiger partial charge in [0, 0.05) is 42.9 Å². The Bertz CT molecular complexity index is 816. The van der Waals surface area contributed by atoms with Crippen molar-refractivity contribution in [2.24, 2.45) is 0 Å². The molecular weight excluding hydrogens is 330 g/mol. The molecule has 0 bridgehead atoms. The van der Waals surface area contributed by atoms with Crippen LogP contribution < -0.4 is 9.47 Å². The zero-order valence-electron chi connectivity index (χ0n) is 13.3. The number of aromatic nitrogens is 1. The highest BCUT2D eigenvalue weighted by Gasteiger charge is 2.24. The van der Waals surface area contributed by atoms with Crippen molar-refractivity contribution in [2.45, 2.75) is 13.3 Å². The standard InChI is InChI=1S/C18H16ClNO4/c1-11(21)24-18-14(13-5-7-20-10-16(13)19)6-8-23-17-9-12(22-2)3-4-15(17)18/h3-5,7,9-10H,6,8H2,1-2H3. The first-order valence-corrected chi connectivity index (χ1v) is 7.80. The first kappa shape index (κ1) is 16.3. The lowest BCUT2D eigenvalue weighted by atomic mass is 9.99. The second-order valence-corrected chi connectivity index (χ2v) is 5.62. The van der Waals surface area contributed by atoms with Gasteiger partial charge in [-0.05, 0) is 18.2 Å². The number of nitrogens with zero attached hydrogens (tertiary/aromatic N) is 1. The molecule has 1 aromatic heterocycles. The Hall–Kier alpha value is -2.53. The Morgan fingerprint density at radius 1 is 1.29 bits per heavy atom. The summed E-state index contributed by atoms with van der Waals surface area (Å²) >= 11 is 6.29. The molecule has 0 aliphatic carbocycles. The van der Waals surface area contributed by atoms with Crippen LogP contribution in [0.5, 0.6) is 11.5 Å². The molecule has 0 atom stereocenters. The molecule has 3 rings (SSSR count). The summed E-state index contributed by atoms with van der Waals surface area (Å²) in [5.41, 5.74) is 2.27. The van der Waals surface area contributed by atoms with Crippen molar-refractivity contribution >= 4 is 28.9 Å². The second-order valence-electron chi connectivity index (χ2n) is 5.22. The third kappa shape index (κ3) is 3.21. The van der Waals surface area contributed by atoms with Crippen LogP contribution >= 0.6 is 11.6 Å². The average Bonchev–Trinajstić information content (AvgIpc) is 2.74. The van der Waals surface area contributed by atoms with Gasteiger partial charge >= 0.3 is 5.97 Å². The smallest absolute Gasteiger partial charge is 0.308 e. The predicted molar refractivity (Wildman–Crippen MR) is 90.9 cm³/mol. The van der Waals surface area contributed by atoms with Gasteiger partial charge < -0.3 is 14.2 Å². The van der Waals surface area contributed by atoms with Crippen molar-refractivity contribution in [3.05, 3.63) is 52.8 Å². The molecule has 1 aromatic carbocycles. The summed E-state index contributed by atoms with van der Waals surface area (Å²) in [6, 6.07) is 7.18. The van der Waals surface area contributed by atoms with Crippen molar-refractivity contribution in [1.82, 2.24) is 4.98 Å². The van der Waals surface area contributed by atoms with Crippen LogP contribution in [0.25, 0.3) is 11.3 Å². The van der Waals surface area contributed by atoms with E-state index < -0.39 is 5.97 Å². The van der Waals surface area contributed by atoms with Gasteiger partial charge in [0.15, 0.2) is 0 Å². The number of benzene rings is 1. The molecule has 5 nitrogen and oxygen atoms in total. The topological polar surface area (TPSA) is 57.6 Å². The van der Waals surface area contributed by atoms with Gasteiger partial charge in [-0.25, -0.2) is 0 Å². The Labute approximate surface area is 144 Å². The van der Waals surface area contributed by atoms with E-state index in [1.807, 2.05) is 6.07 Å². The lowest BCUT2D eigenvalue weighted by Crippen LogP contribution is -2.02. The van der Waals surface area contributed by atoms with Crippen molar-refractivity contribution in [2.75, 3.05) is 13.7 Å². The molecule has 2 heterocycles. The Balaban J connectivity index is 2.22. The summed E-state index contributed by atoms with van der Waals surface area (Å²) in [6.07, 6.45) is 3.76. The first-order chi connectivity index (χ1) is 11.6. The van der Waals surface area contributed by atoms with E-state index in [4.69, 9.17) is 25.8 Å². The number of carbonyl (C=O) groups excluding carboxylic acids is 1. The SMILES string of the molecule is COc1ccc2c(c1)OCCC(c1ccncc1Cl)=C2OC(C)=O. The minimum absolute atomic E-state index is 0.406. The summed E-state index contributed by atoms with van der Waals surface area (Å²) in [5, 5.41) is 0.495. The summed E-state index contributed by atoms with van der Waals surface area (Å²) in [5.74, 6) is 1.31. The molecule has 0 amide bonds. The highest BCUT2D eigenvalue weighted by Crippen LogP contribution is 2.40. The summed E-state index contributed by atoms with van der Waals surface area (Å²) < 4.78 is 16.6. The van der Waals surface area contributed by atoms with E-state index in [-0.39, 0.29) is 0 Å². The van der Waals surface area contributed by atoms with Crippen LogP contribution in [0.15, 0.2) is 36.7 Å². The maximum Gasteiger partial charge on any atom is 0.308 e. The summed E-state index contributed by atoms with van der Waals surface area (Å²) in [4.78, 5) is 15.7. The Morgan fingerprint density at radius 2 is 2.12 bits per heavy atom. The van der Waals surface area contributed by atoms with Crippen LogP contribution in [0.4, 0.5) is 0 Å². The summed E-state index contributed by atoms with van der Waals surface area (Å²) in [6.45, 7) is 1.80. The zero-order chi connectivity index (χ0) is 17.1. The fraction of sp³-hybridized carbons (Fsp3) is 0.222. The van der Waals surface area contributed by atoms with Gasteiger partial charge in [-0.1, -0.05) is 11.6 Å². The molecular formula is C18H16ClNO4. The van der Waals surface area contributed by atoms with Crippen LogP contribution in [0.2, 0.25) is 5.02 Å². The number of ether oxygens (including phenoxy) is 3. The van der Waals surface area contributed by atoms with Crippen LogP contribution in [0, 0.1) is 0 Å². The number of hydrogen-bond acceptors (Lipinski definition) is 5. The molecule has 124 valence electrons. The Kier molecular flexibility index (Phi) is 4.71. The maximum absolute atomic E-state index is 11.7. The largest absolute Gasteiger partial charge is 0.497 e. The van der Waals surface area contributed by atoms with Crippen LogP contribution in [0.1, 0.15) is 24.5 Å². The molecule has 2 aromatic rings. The van der Waals surface area contributed by atoms with Crippen molar-refractivity contribution in [3.63, 3.8) is 0 Å². The van der Waals surface area contributed by atoms with Gasteiger partial charge in [0.1, 0.15) is 17.3 Å². The van der Waals surface area contributed by atoms with Gasteiger partial charge in [0.05, 0.1) is 24.3 Å². The molecule has 0 unspecified atom stereocenters. The number of rotatable bonds is 3. The molecule has 0 radical (unpaired) electrons. The molecule has 6 heteroatoms. The predicted octanol–water partition coefficient (Wildman–Crippen LogP) is 3.96. The third-order valence-electron chi connectivity index (χ3n) is 3.66. The van der Waals surface area contributed by atoms with Crippen molar-refractivity contribution in [3.8, 4) is 11.5 Å². The quantitative estimate of drug-likeness (QED) is 0.788. The van der Waals surface area contributed by atoms with E-state index in [2.05, 4.69) is 4.98 Å². The molecule has 0 saturated carbocycles. The number of halogens is 1. The van der Waals surface area contributed by atoms with E-state index in [9.17, 15) is 4.79 Å². The lowest BCUT2D eigenvalue weighted by molar-refractivity contribution is -0.134. The van der Waals surface area contributed by atoms with Crippen LogP contribution in [0.3, 0.4) is 0 Å². The lowest BCUT2D eigenvalue weighted by Gasteiger charge is -2.14. The maximum atomic E-state index is 11.7. The monoisotopic (exact) mass is 345 g/mol. The molecule has 0 spiro atoms. The van der Waals surface area contributed by atoms with Gasteiger partial charge in [-0.2, -0.15) is 0 Å². The first-order valence-electron chi connectivity index (χ1n) is 7.43. The normalized spacial score (nSPS) is 13.6. The minimum atomic E-state index is -0.406. The molecule has 24 heavy (non-hydrogen) atoms. The van der Waals surface area contributed by atoms with Gasteiger partial charge in [-0.15, -0.1) is 0 Å². The van der Waals surface area contributed by atoms with Crippen LogP contribution in [-0.2, 0) is 9.53 Å². The number of methoxy groups -OCH3 is 1. The van der Waals surface area contributed by atoms with E-state index in [0.717, 1.165) is 11.1 Å². The fourth-order valence-corrected chi connectivity index (χ4v) is 2.85. The highest BCUT2D eigenvalue weighted by molar-refractivity contribution is 6.32. The number of carbonyl (C=O) groups is 1. The number of esters is 1. The second kappa shape index (κ2) is 6.93. The minimum Gasteiger partial charge on any atom is -0.497 e. The van der Waals surface area contributed by atoms with E-state index >= 15 is 0 Å². The van der Waals surface area contributed by atoms with Crippen molar-refractivity contribution in [1.29, 1.82) is 0 Å². The number of hydrogen-bond donors (Lipinski definition) is 0.